The van der Waals surface area contributed by atoms with Crippen LogP contribution in [0.5, 0.6) is 5.75 Å². The third-order valence-corrected chi connectivity index (χ3v) is 4.29. The molecule has 0 radical (unpaired) electrons. The van der Waals surface area contributed by atoms with Gasteiger partial charge in [-0.1, -0.05) is 43.3 Å². The molecule has 2 heteroatoms. The topological polar surface area (TPSA) is 12.5 Å². The fraction of sp³-hybridized carbons (Fsp3) is 0.368. The molecule has 1 aliphatic heterocycles. The molecule has 3 rings (SSSR count). The lowest BCUT2D eigenvalue weighted by atomic mass is 10.1. The molecule has 0 saturated carbocycles. The summed E-state index contributed by atoms with van der Waals surface area (Å²) in [6, 6.07) is 17.6. The molecule has 0 spiro atoms. The average molecular weight is 281 g/mol. The Morgan fingerprint density at radius 2 is 1.86 bits per heavy atom. The Kier molecular flexibility index (Phi) is 4.14. The second-order valence-corrected chi connectivity index (χ2v) is 5.68. The van der Waals surface area contributed by atoms with Gasteiger partial charge in [0.2, 0.25) is 0 Å². The van der Waals surface area contributed by atoms with Crippen LogP contribution in [-0.4, -0.2) is 19.2 Å². The third-order valence-electron chi connectivity index (χ3n) is 4.29. The van der Waals surface area contributed by atoms with Crippen molar-refractivity contribution in [2.75, 3.05) is 18.1 Å². The van der Waals surface area contributed by atoms with Crippen LogP contribution >= 0.6 is 0 Å². The van der Waals surface area contributed by atoms with Gasteiger partial charge in [-0.05, 0) is 43.0 Å². The molecule has 1 atom stereocenters. The Labute approximate surface area is 127 Å². The number of para-hydroxylation sites is 2. The number of hydrogen-bond donors (Lipinski definition) is 0. The van der Waals surface area contributed by atoms with E-state index in [-0.39, 0.29) is 0 Å². The van der Waals surface area contributed by atoms with E-state index in [2.05, 4.69) is 61.2 Å². The van der Waals surface area contributed by atoms with E-state index in [0.717, 1.165) is 31.7 Å². The normalized spacial score (nSPS) is 16.9. The average Bonchev–Trinajstić information content (AvgIpc) is 2.84. The first-order valence-electron chi connectivity index (χ1n) is 7.85. The molecule has 1 unspecified atom stereocenters. The van der Waals surface area contributed by atoms with Crippen molar-refractivity contribution < 1.29 is 4.74 Å². The van der Waals surface area contributed by atoms with E-state index in [0.29, 0.717) is 6.04 Å². The highest BCUT2D eigenvalue weighted by molar-refractivity contribution is 5.59. The highest BCUT2D eigenvalue weighted by atomic mass is 16.5. The molecule has 0 amide bonds. The monoisotopic (exact) mass is 281 g/mol. The predicted molar refractivity (Wildman–Crippen MR) is 88.3 cm³/mol. The van der Waals surface area contributed by atoms with Crippen LogP contribution in [0.25, 0.3) is 0 Å². The second-order valence-electron chi connectivity index (χ2n) is 5.68. The minimum Gasteiger partial charge on any atom is -0.491 e. The quantitative estimate of drug-likeness (QED) is 0.819. The number of hydrogen-bond acceptors (Lipinski definition) is 2. The van der Waals surface area contributed by atoms with Crippen molar-refractivity contribution in [1.82, 2.24) is 0 Å². The van der Waals surface area contributed by atoms with Gasteiger partial charge in [0.25, 0.3) is 0 Å². The lowest BCUT2D eigenvalue weighted by Crippen LogP contribution is -2.33. The smallest absolute Gasteiger partial charge is 0.122 e. The molecular weight excluding hydrogens is 258 g/mol. The van der Waals surface area contributed by atoms with E-state index in [4.69, 9.17) is 4.74 Å². The Balaban J connectivity index is 1.63. The van der Waals surface area contributed by atoms with Gasteiger partial charge in [0.05, 0.1) is 6.54 Å². The highest BCUT2D eigenvalue weighted by Gasteiger charge is 2.24. The maximum absolute atomic E-state index is 6.01. The van der Waals surface area contributed by atoms with E-state index in [1.807, 2.05) is 6.07 Å². The fourth-order valence-corrected chi connectivity index (χ4v) is 3.16. The van der Waals surface area contributed by atoms with Gasteiger partial charge in [0, 0.05) is 11.7 Å². The lowest BCUT2D eigenvalue weighted by molar-refractivity contribution is 0.318. The summed E-state index contributed by atoms with van der Waals surface area (Å²) in [5, 5.41) is 0. The van der Waals surface area contributed by atoms with Crippen molar-refractivity contribution in [3.05, 3.63) is 59.7 Å². The van der Waals surface area contributed by atoms with Gasteiger partial charge in [-0.3, -0.25) is 0 Å². The number of aryl methyl sites for hydroxylation is 1. The van der Waals surface area contributed by atoms with Gasteiger partial charge < -0.3 is 9.64 Å². The van der Waals surface area contributed by atoms with Crippen LogP contribution in [0.4, 0.5) is 5.69 Å². The summed E-state index contributed by atoms with van der Waals surface area (Å²) in [4.78, 5) is 2.46. The summed E-state index contributed by atoms with van der Waals surface area (Å²) in [6.07, 6.45) is 2.15. The van der Waals surface area contributed by atoms with Crippen molar-refractivity contribution in [2.45, 2.75) is 32.7 Å². The van der Waals surface area contributed by atoms with Gasteiger partial charge >= 0.3 is 0 Å². The number of fused-ring (bicyclic) bond motifs is 1. The van der Waals surface area contributed by atoms with E-state index < -0.39 is 0 Å². The molecule has 2 aromatic rings. The lowest BCUT2D eigenvalue weighted by Gasteiger charge is -2.25. The third kappa shape index (κ3) is 2.90. The SMILES string of the molecule is CCc1ccccc1OCCN1c2ccccc2CC1C. The number of anilines is 1. The van der Waals surface area contributed by atoms with Crippen LogP contribution in [0.3, 0.4) is 0 Å². The minimum atomic E-state index is 0.562. The summed E-state index contributed by atoms with van der Waals surface area (Å²) in [7, 11) is 0. The molecule has 21 heavy (non-hydrogen) atoms. The van der Waals surface area contributed by atoms with Crippen molar-refractivity contribution in [1.29, 1.82) is 0 Å². The zero-order valence-corrected chi connectivity index (χ0v) is 12.9. The molecule has 1 heterocycles. The molecule has 0 aromatic heterocycles. The van der Waals surface area contributed by atoms with Crippen LogP contribution in [0.1, 0.15) is 25.0 Å². The van der Waals surface area contributed by atoms with E-state index in [1.54, 1.807) is 0 Å². The van der Waals surface area contributed by atoms with Crippen molar-refractivity contribution in [3.63, 3.8) is 0 Å². The van der Waals surface area contributed by atoms with Gasteiger partial charge in [-0.2, -0.15) is 0 Å². The second kappa shape index (κ2) is 6.21. The van der Waals surface area contributed by atoms with E-state index >= 15 is 0 Å². The Hall–Kier alpha value is -1.96. The van der Waals surface area contributed by atoms with E-state index in [9.17, 15) is 0 Å². The fourth-order valence-electron chi connectivity index (χ4n) is 3.16. The Morgan fingerprint density at radius 3 is 2.71 bits per heavy atom. The summed E-state index contributed by atoms with van der Waals surface area (Å²) >= 11 is 0. The van der Waals surface area contributed by atoms with Gasteiger partial charge in [0.1, 0.15) is 12.4 Å². The summed E-state index contributed by atoms with van der Waals surface area (Å²) in [5.74, 6) is 1.03. The molecule has 0 N–H and O–H groups in total. The standard InChI is InChI=1S/C19H23NO/c1-3-16-8-5-7-11-19(16)21-13-12-20-15(2)14-17-9-4-6-10-18(17)20/h4-11,15H,3,12-14H2,1-2H3. The molecular formula is C19H23NO. The number of ether oxygens (including phenoxy) is 1. The number of nitrogens with zero attached hydrogens (tertiary/aromatic N) is 1. The summed E-state index contributed by atoms with van der Waals surface area (Å²) < 4.78 is 6.01. The molecule has 0 bridgehead atoms. The van der Waals surface area contributed by atoms with Crippen molar-refractivity contribution in [2.24, 2.45) is 0 Å². The zero-order chi connectivity index (χ0) is 14.7. The molecule has 2 aromatic carbocycles. The minimum absolute atomic E-state index is 0.562. The molecule has 2 nitrogen and oxygen atoms in total. The Bertz CT molecular complexity index is 608. The van der Waals surface area contributed by atoms with Crippen LogP contribution < -0.4 is 9.64 Å². The van der Waals surface area contributed by atoms with Crippen LogP contribution in [0.15, 0.2) is 48.5 Å². The maximum atomic E-state index is 6.01. The van der Waals surface area contributed by atoms with Gasteiger partial charge in [0.15, 0.2) is 0 Å². The first-order valence-corrected chi connectivity index (χ1v) is 7.85. The van der Waals surface area contributed by atoms with E-state index in [1.165, 1.54) is 16.8 Å². The summed E-state index contributed by atoms with van der Waals surface area (Å²) in [6.45, 7) is 6.13. The molecule has 1 aliphatic rings. The van der Waals surface area contributed by atoms with Gasteiger partial charge in [-0.15, -0.1) is 0 Å². The largest absolute Gasteiger partial charge is 0.491 e. The first kappa shape index (κ1) is 14.0. The van der Waals surface area contributed by atoms with Gasteiger partial charge in [-0.25, -0.2) is 0 Å². The predicted octanol–water partition coefficient (Wildman–Crippen LogP) is 4.08. The zero-order valence-electron chi connectivity index (χ0n) is 12.9. The molecule has 110 valence electrons. The first-order chi connectivity index (χ1) is 10.3. The van der Waals surface area contributed by atoms with Crippen LogP contribution in [-0.2, 0) is 12.8 Å². The van der Waals surface area contributed by atoms with Crippen molar-refractivity contribution >= 4 is 5.69 Å². The molecule has 0 fully saturated rings. The van der Waals surface area contributed by atoms with Crippen LogP contribution in [0, 0.1) is 0 Å². The number of benzene rings is 2. The molecule has 0 aliphatic carbocycles. The Morgan fingerprint density at radius 1 is 1.10 bits per heavy atom. The van der Waals surface area contributed by atoms with Crippen LogP contribution in [0.2, 0.25) is 0 Å². The number of rotatable bonds is 5. The maximum Gasteiger partial charge on any atom is 0.122 e. The summed E-state index contributed by atoms with van der Waals surface area (Å²) in [5.41, 5.74) is 4.11. The molecule has 0 saturated heterocycles. The van der Waals surface area contributed by atoms with Crippen molar-refractivity contribution in [3.8, 4) is 5.75 Å². The highest BCUT2D eigenvalue weighted by Crippen LogP contribution is 2.31.